The summed E-state index contributed by atoms with van der Waals surface area (Å²) in [5.41, 5.74) is 1.32. The molecule has 138 valence electrons. The van der Waals surface area contributed by atoms with Crippen LogP contribution in [0.2, 0.25) is 0 Å². The quantitative estimate of drug-likeness (QED) is 0.317. The lowest BCUT2D eigenvalue weighted by atomic mass is 9.85. The van der Waals surface area contributed by atoms with Gasteiger partial charge in [0.15, 0.2) is 5.78 Å². The molecule has 25 heavy (non-hydrogen) atoms. The summed E-state index contributed by atoms with van der Waals surface area (Å²) in [4.78, 5) is 13.0. The van der Waals surface area contributed by atoms with E-state index in [1.54, 1.807) is 0 Å². The average molecular weight is 343 g/mol. The highest BCUT2D eigenvalue weighted by Gasteiger charge is 2.22. The Labute approximate surface area is 153 Å². The Morgan fingerprint density at radius 1 is 1.08 bits per heavy atom. The SMILES string of the molecule is CCCCCCCC(O)/C(=C/C1CCCCC1)C(=O)c1ccccc1. The predicted octanol–water partition coefficient (Wildman–Crippen LogP) is 6.10. The molecule has 0 radical (unpaired) electrons. The Balaban J connectivity index is 2.05. The number of Topliss-reactive ketones (excluding diaryl/α,β-unsaturated/α-hetero) is 1. The Morgan fingerprint density at radius 2 is 1.76 bits per heavy atom. The molecule has 1 aliphatic rings. The van der Waals surface area contributed by atoms with Gasteiger partial charge in [-0.1, -0.05) is 94.7 Å². The average Bonchev–Trinajstić information content (AvgIpc) is 2.67. The Bertz CT molecular complexity index is 526. The summed E-state index contributed by atoms with van der Waals surface area (Å²) in [5, 5.41) is 10.7. The second kappa shape index (κ2) is 11.3. The van der Waals surface area contributed by atoms with E-state index in [1.165, 1.54) is 38.5 Å². The van der Waals surface area contributed by atoms with Crippen LogP contribution < -0.4 is 0 Å². The monoisotopic (exact) mass is 342 g/mol. The molecule has 0 heterocycles. The first-order valence-corrected chi connectivity index (χ1v) is 10.2. The van der Waals surface area contributed by atoms with Gasteiger partial charge in [-0.05, 0) is 25.2 Å². The molecule has 1 saturated carbocycles. The molecule has 1 unspecified atom stereocenters. The Kier molecular flexibility index (Phi) is 8.96. The van der Waals surface area contributed by atoms with Crippen LogP contribution in [0.5, 0.6) is 0 Å². The van der Waals surface area contributed by atoms with E-state index >= 15 is 0 Å². The number of benzene rings is 1. The number of carbonyl (C=O) groups excluding carboxylic acids is 1. The number of carbonyl (C=O) groups is 1. The lowest BCUT2D eigenvalue weighted by molar-refractivity contribution is 0.0978. The number of unbranched alkanes of at least 4 members (excludes halogenated alkanes) is 4. The van der Waals surface area contributed by atoms with Gasteiger partial charge in [-0.25, -0.2) is 0 Å². The van der Waals surface area contributed by atoms with Gasteiger partial charge in [-0.2, -0.15) is 0 Å². The van der Waals surface area contributed by atoms with Crippen LogP contribution in [0, 0.1) is 5.92 Å². The maximum Gasteiger partial charge on any atom is 0.191 e. The van der Waals surface area contributed by atoms with Crippen molar-refractivity contribution in [2.75, 3.05) is 0 Å². The summed E-state index contributed by atoms with van der Waals surface area (Å²) in [6, 6.07) is 9.41. The van der Waals surface area contributed by atoms with Gasteiger partial charge in [0.25, 0.3) is 0 Å². The van der Waals surface area contributed by atoms with Gasteiger partial charge in [0.2, 0.25) is 0 Å². The third-order valence-corrected chi connectivity index (χ3v) is 5.30. The maximum atomic E-state index is 13.0. The summed E-state index contributed by atoms with van der Waals surface area (Å²) in [7, 11) is 0. The minimum atomic E-state index is -0.628. The zero-order chi connectivity index (χ0) is 17.9. The molecule has 0 aromatic heterocycles. The number of allylic oxidation sites excluding steroid dienone is 1. The summed E-state index contributed by atoms with van der Waals surface area (Å²) in [5.74, 6) is 0.457. The topological polar surface area (TPSA) is 37.3 Å². The fraction of sp³-hybridized carbons (Fsp3) is 0.609. The van der Waals surface area contributed by atoms with Crippen LogP contribution in [-0.2, 0) is 0 Å². The van der Waals surface area contributed by atoms with E-state index in [1.807, 2.05) is 30.3 Å². The molecule has 2 heteroatoms. The van der Waals surface area contributed by atoms with Crippen LogP contribution in [0.4, 0.5) is 0 Å². The van der Waals surface area contributed by atoms with Gasteiger partial charge < -0.3 is 5.11 Å². The summed E-state index contributed by atoms with van der Waals surface area (Å²) in [6.45, 7) is 2.21. The summed E-state index contributed by atoms with van der Waals surface area (Å²) < 4.78 is 0. The van der Waals surface area contributed by atoms with Crippen molar-refractivity contribution in [2.45, 2.75) is 83.7 Å². The number of hydrogen-bond acceptors (Lipinski definition) is 2. The van der Waals surface area contributed by atoms with Crippen LogP contribution >= 0.6 is 0 Å². The van der Waals surface area contributed by atoms with E-state index in [9.17, 15) is 9.90 Å². The first-order chi connectivity index (χ1) is 12.2. The minimum absolute atomic E-state index is 0.00670. The second-order valence-electron chi connectivity index (χ2n) is 7.43. The fourth-order valence-electron chi connectivity index (χ4n) is 3.75. The summed E-state index contributed by atoms with van der Waals surface area (Å²) >= 11 is 0. The van der Waals surface area contributed by atoms with E-state index in [0.717, 1.165) is 25.7 Å². The Hall–Kier alpha value is -1.41. The van der Waals surface area contributed by atoms with Crippen LogP contribution in [0.25, 0.3) is 0 Å². The number of ketones is 1. The van der Waals surface area contributed by atoms with E-state index < -0.39 is 6.10 Å². The number of hydrogen-bond donors (Lipinski definition) is 1. The lowest BCUT2D eigenvalue weighted by Gasteiger charge is -2.22. The largest absolute Gasteiger partial charge is 0.388 e. The van der Waals surface area contributed by atoms with Gasteiger partial charge in [0, 0.05) is 11.1 Å². The zero-order valence-electron chi connectivity index (χ0n) is 15.8. The molecule has 0 aliphatic heterocycles. The first-order valence-electron chi connectivity index (χ1n) is 10.2. The zero-order valence-corrected chi connectivity index (χ0v) is 15.8. The van der Waals surface area contributed by atoms with Crippen molar-refractivity contribution in [3.63, 3.8) is 0 Å². The van der Waals surface area contributed by atoms with Gasteiger partial charge >= 0.3 is 0 Å². The predicted molar refractivity (Wildman–Crippen MR) is 105 cm³/mol. The molecule has 1 N–H and O–H groups in total. The molecule has 1 atom stereocenters. The van der Waals surface area contributed by atoms with Crippen molar-refractivity contribution in [1.29, 1.82) is 0 Å². The molecule has 0 spiro atoms. The van der Waals surface area contributed by atoms with Crippen LogP contribution in [-0.4, -0.2) is 17.0 Å². The summed E-state index contributed by atoms with van der Waals surface area (Å²) in [6.07, 6.45) is 14.1. The number of aliphatic hydroxyl groups is 1. The van der Waals surface area contributed by atoms with Gasteiger partial charge in [0.1, 0.15) is 0 Å². The van der Waals surface area contributed by atoms with Gasteiger partial charge in [-0.15, -0.1) is 0 Å². The highest BCUT2D eigenvalue weighted by molar-refractivity contribution is 6.09. The second-order valence-corrected chi connectivity index (χ2v) is 7.43. The first kappa shape index (κ1) is 19.9. The van der Waals surface area contributed by atoms with Crippen molar-refractivity contribution in [3.05, 3.63) is 47.5 Å². The molecule has 2 nitrogen and oxygen atoms in total. The van der Waals surface area contributed by atoms with Gasteiger partial charge in [0.05, 0.1) is 6.10 Å². The minimum Gasteiger partial charge on any atom is -0.388 e. The lowest BCUT2D eigenvalue weighted by Crippen LogP contribution is -2.20. The van der Waals surface area contributed by atoms with Crippen LogP contribution in [0.1, 0.15) is 87.9 Å². The van der Waals surface area contributed by atoms with Crippen molar-refractivity contribution < 1.29 is 9.90 Å². The molecule has 0 saturated heterocycles. The molecular formula is C23H34O2. The third kappa shape index (κ3) is 6.78. The normalized spacial score (nSPS) is 17.4. The van der Waals surface area contributed by atoms with Crippen molar-refractivity contribution in [3.8, 4) is 0 Å². The van der Waals surface area contributed by atoms with E-state index in [2.05, 4.69) is 13.0 Å². The molecule has 0 bridgehead atoms. The number of rotatable bonds is 10. The number of aliphatic hydroxyl groups excluding tert-OH is 1. The molecule has 1 fully saturated rings. The van der Waals surface area contributed by atoms with Crippen LogP contribution in [0.3, 0.4) is 0 Å². The van der Waals surface area contributed by atoms with Crippen LogP contribution in [0.15, 0.2) is 42.0 Å². The van der Waals surface area contributed by atoms with Crippen molar-refractivity contribution in [2.24, 2.45) is 5.92 Å². The van der Waals surface area contributed by atoms with E-state index in [-0.39, 0.29) is 5.78 Å². The third-order valence-electron chi connectivity index (χ3n) is 5.30. The van der Waals surface area contributed by atoms with Crippen molar-refractivity contribution >= 4 is 5.78 Å². The van der Waals surface area contributed by atoms with E-state index in [4.69, 9.17) is 0 Å². The smallest absolute Gasteiger partial charge is 0.191 e. The molecule has 1 aliphatic carbocycles. The highest BCUT2D eigenvalue weighted by atomic mass is 16.3. The van der Waals surface area contributed by atoms with Gasteiger partial charge in [-0.3, -0.25) is 4.79 Å². The van der Waals surface area contributed by atoms with E-state index in [0.29, 0.717) is 23.5 Å². The molecule has 1 aromatic carbocycles. The fourth-order valence-corrected chi connectivity index (χ4v) is 3.75. The van der Waals surface area contributed by atoms with Crippen molar-refractivity contribution in [1.82, 2.24) is 0 Å². The molecule has 0 amide bonds. The molecule has 1 aromatic rings. The molecule has 2 rings (SSSR count). The highest BCUT2D eigenvalue weighted by Crippen LogP contribution is 2.28. The maximum absolute atomic E-state index is 13.0. The standard InChI is InChI=1S/C23H34O2/c1-2-3-4-5-12-17-22(24)21(18-19-13-8-6-9-14-19)23(25)20-15-10-7-11-16-20/h7,10-11,15-16,18-19,22,24H,2-6,8-9,12-14,17H2,1H3/b21-18-. The molecular weight excluding hydrogens is 308 g/mol. The Morgan fingerprint density at radius 3 is 2.44 bits per heavy atom.